The van der Waals surface area contributed by atoms with Crippen LogP contribution in [0.4, 0.5) is 5.82 Å². The second-order valence-electron chi connectivity index (χ2n) is 8.14. The molecule has 1 saturated carbocycles. The van der Waals surface area contributed by atoms with Crippen molar-refractivity contribution in [2.75, 3.05) is 11.9 Å². The molecule has 8 heteroatoms. The standard InChI is InChI=1S/C24H29N5O3/c1-29-23(28-32-24(29)30)22(19-11-6-3-7-12-19)27-31-17-20-13-8-14-21(26-20)25-16-15-18-9-4-2-5-10-18/h3,6-8,11-14,18H,2,4-5,9-10,15-17H2,1H3,(H,25,26)/b27-22+. The number of aromatic nitrogens is 3. The Bertz CT molecular complexity index is 1080. The summed E-state index contributed by atoms with van der Waals surface area (Å²) in [5.74, 6) is 1.42. The summed E-state index contributed by atoms with van der Waals surface area (Å²) in [5, 5.41) is 11.5. The number of oxime groups is 1. The van der Waals surface area contributed by atoms with Gasteiger partial charge in [0.1, 0.15) is 5.82 Å². The number of hydrogen-bond acceptors (Lipinski definition) is 7. The summed E-state index contributed by atoms with van der Waals surface area (Å²) in [5.41, 5.74) is 1.95. The summed E-state index contributed by atoms with van der Waals surface area (Å²) in [6, 6.07) is 15.2. The number of benzene rings is 1. The fourth-order valence-corrected chi connectivity index (χ4v) is 4.01. The monoisotopic (exact) mass is 435 g/mol. The average molecular weight is 436 g/mol. The van der Waals surface area contributed by atoms with E-state index in [-0.39, 0.29) is 6.61 Å². The normalized spacial score (nSPS) is 15.0. The molecule has 8 nitrogen and oxygen atoms in total. The molecule has 1 N–H and O–H groups in total. The summed E-state index contributed by atoms with van der Waals surface area (Å²) >= 11 is 0. The highest BCUT2D eigenvalue weighted by Crippen LogP contribution is 2.26. The molecular formula is C24H29N5O3. The SMILES string of the molecule is Cn1c(/C(=N/OCc2cccc(NCCC3CCCCC3)n2)c2ccccc2)noc1=O. The van der Waals surface area contributed by atoms with Gasteiger partial charge in [-0.25, -0.2) is 9.78 Å². The van der Waals surface area contributed by atoms with Crippen LogP contribution in [-0.4, -0.2) is 27.0 Å². The molecule has 0 unspecified atom stereocenters. The molecule has 1 aliphatic rings. The fourth-order valence-electron chi connectivity index (χ4n) is 4.01. The van der Waals surface area contributed by atoms with Crippen LogP contribution in [0.3, 0.4) is 0 Å². The topological polar surface area (TPSA) is 94.5 Å². The quantitative estimate of drug-likeness (QED) is 0.401. The van der Waals surface area contributed by atoms with Crippen molar-refractivity contribution >= 4 is 11.5 Å². The Morgan fingerprint density at radius 1 is 1.16 bits per heavy atom. The third kappa shape index (κ3) is 5.63. The molecule has 2 aromatic heterocycles. The zero-order valence-corrected chi connectivity index (χ0v) is 18.4. The van der Waals surface area contributed by atoms with Crippen LogP contribution >= 0.6 is 0 Å². The number of rotatable bonds is 9. The first-order chi connectivity index (χ1) is 15.7. The molecule has 0 bridgehead atoms. The Morgan fingerprint density at radius 2 is 1.97 bits per heavy atom. The second kappa shape index (κ2) is 10.7. The van der Waals surface area contributed by atoms with E-state index in [1.807, 2.05) is 48.5 Å². The van der Waals surface area contributed by atoms with Gasteiger partial charge in [-0.3, -0.25) is 9.09 Å². The van der Waals surface area contributed by atoms with Crippen molar-refractivity contribution in [2.45, 2.75) is 45.1 Å². The lowest BCUT2D eigenvalue weighted by atomic mass is 9.87. The molecule has 0 amide bonds. The maximum Gasteiger partial charge on any atom is 0.441 e. The van der Waals surface area contributed by atoms with Gasteiger partial charge in [0.15, 0.2) is 12.3 Å². The first-order valence-electron chi connectivity index (χ1n) is 11.2. The van der Waals surface area contributed by atoms with Gasteiger partial charge in [-0.15, -0.1) is 0 Å². The minimum Gasteiger partial charge on any atom is -0.389 e. The zero-order valence-electron chi connectivity index (χ0n) is 18.4. The molecule has 0 aliphatic heterocycles. The minimum atomic E-state index is -0.558. The Labute approximate surface area is 187 Å². The Kier molecular flexibility index (Phi) is 7.32. The molecule has 168 valence electrons. The van der Waals surface area contributed by atoms with Gasteiger partial charge in [0.05, 0.1) is 5.69 Å². The van der Waals surface area contributed by atoms with Crippen LogP contribution in [0.25, 0.3) is 0 Å². The third-order valence-electron chi connectivity index (χ3n) is 5.82. The second-order valence-corrected chi connectivity index (χ2v) is 8.14. The van der Waals surface area contributed by atoms with E-state index in [0.717, 1.165) is 29.5 Å². The number of hydrogen-bond donors (Lipinski definition) is 1. The molecule has 0 radical (unpaired) electrons. The molecule has 3 aromatic rings. The Balaban J connectivity index is 1.39. The predicted molar refractivity (Wildman–Crippen MR) is 123 cm³/mol. The molecule has 0 saturated heterocycles. The largest absolute Gasteiger partial charge is 0.441 e. The maximum absolute atomic E-state index is 11.7. The van der Waals surface area contributed by atoms with Crippen LogP contribution in [0.15, 0.2) is 63.0 Å². The highest BCUT2D eigenvalue weighted by molar-refractivity contribution is 6.10. The number of nitrogens with zero attached hydrogens (tertiary/aromatic N) is 4. The van der Waals surface area contributed by atoms with Gasteiger partial charge in [0, 0.05) is 19.2 Å². The summed E-state index contributed by atoms with van der Waals surface area (Å²) < 4.78 is 6.06. The summed E-state index contributed by atoms with van der Waals surface area (Å²) in [4.78, 5) is 22.0. The van der Waals surface area contributed by atoms with Gasteiger partial charge in [0.25, 0.3) is 0 Å². The molecule has 1 aliphatic carbocycles. The van der Waals surface area contributed by atoms with Crippen LogP contribution in [0.1, 0.15) is 55.6 Å². The van der Waals surface area contributed by atoms with E-state index >= 15 is 0 Å². The number of nitrogens with one attached hydrogen (secondary N) is 1. The first kappa shape index (κ1) is 21.8. The Hall–Kier alpha value is -3.42. The van der Waals surface area contributed by atoms with E-state index in [1.165, 1.54) is 43.1 Å². The molecule has 0 atom stereocenters. The van der Waals surface area contributed by atoms with Crippen molar-refractivity contribution in [1.82, 2.24) is 14.7 Å². The third-order valence-corrected chi connectivity index (χ3v) is 5.82. The lowest BCUT2D eigenvalue weighted by Gasteiger charge is -2.21. The number of anilines is 1. The van der Waals surface area contributed by atoms with Gasteiger partial charge < -0.3 is 10.2 Å². The van der Waals surface area contributed by atoms with Gasteiger partial charge in [-0.2, -0.15) is 0 Å². The zero-order chi connectivity index (χ0) is 22.2. The van der Waals surface area contributed by atoms with E-state index in [0.29, 0.717) is 11.5 Å². The van der Waals surface area contributed by atoms with E-state index in [2.05, 4.69) is 20.6 Å². The van der Waals surface area contributed by atoms with Gasteiger partial charge >= 0.3 is 5.76 Å². The van der Waals surface area contributed by atoms with Gasteiger partial charge in [-0.1, -0.05) is 78.8 Å². The van der Waals surface area contributed by atoms with E-state index in [9.17, 15) is 4.79 Å². The van der Waals surface area contributed by atoms with Crippen LogP contribution in [0.5, 0.6) is 0 Å². The Morgan fingerprint density at radius 3 is 2.72 bits per heavy atom. The summed E-state index contributed by atoms with van der Waals surface area (Å²) in [6.07, 6.45) is 8.00. The molecule has 2 heterocycles. The smallest absolute Gasteiger partial charge is 0.389 e. The number of pyridine rings is 1. The van der Waals surface area contributed by atoms with Crippen LogP contribution in [0, 0.1) is 5.92 Å². The molecule has 1 fully saturated rings. The van der Waals surface area contributed by atoms with Gasteiger partial charge in [0.2, 0.25) is 5.82 Å². The molecule has 0 spiro atoms. The van der Waals surface area contributed by atoms with Crippen molar-refractivity contribution in [3.63, 3.8) is 0 Å². The highest BCUT2D eigenvalue weighted by atomic mass is 16.6. The van der Waals surface area contributed by atoms with Crippen molar-refractivity contribution < 1.29 is 9.36 Å². The van der Waals surface area contributed by atoms with E-state index < -0.39 is 5.76 Å². The van der Waals surface area contributed by atoms with Crippen LogP contribution < -0.4 is 11.1 Å². The van der Waals surface area contributed by atoms with Crippen LogP contribution in [-0.2, 0) is 18.5 Å². The molecule has 1 aromatic carbocycles. The maximum atomic E-state index is 11.7. The lowest BCUT2D eigenvalue weighted by molar-refractivity contribution is 0.128. The average Bonchev–Trinajstić information content (AvgIpc) is 3.16. The van der Waals surface area contributed by atoms with E-state index in [4.69, 9.17) is 9.36 Å². The van der Waals surface area contributed by atoms with Crippen LogP contribution in [0.2, 0.25) is 0 Å². The molecule has 4 rings (SSSR count). The van der Waals surface area contributed by atoms with Crippen molar-refractivity contribution in [3.8, 4) is 0 Å². The van der Waals surface area contributed by atoms with E-state index in [1.54, 1.807) is 7.05 Å². The first-order valence-corrected chi connectivity index (χ1v) is 11.2. The van der Waals surface area contributed by atoms with Crippen molar-refractivity contribution in [3.05, 3.63) is 76.2 Å². The van der Waals surface area contributed by atoms with Crippen molar-refractivity contribution in [1.29, 1.82) is 0 Å². The highest BCUT2D eigenvalue weighted by Gasteiger charge is 2.17. The lowest BCUT2D eigenvalue weighted by Crippen LogP contribution is -2.17. The fraction of sp³-hybridized carbons (Fsp3) is 0.417. The van der Waals surface area contributed by atoms with Gasteiger partial charge in [-0.05, 0) is 24.5 Å². The summed E-state index contributed by atoms with van der Waals surface area (Å²) in [7, 11) is 1.58. The predicted octanol–water partition coefficient (Wildman–Crippen LogP) is 4.12. The molecule has 32 heavy (non-hydrogen) atoms. The minimum absolute atomic E-state index is 0.195. The van der Waals surface area contributed by atoms with Crippen molar-refractivity contribution in [2.24, 2.45) is 18.1 Å². The molecular weight excluding hydrogens is 406 g/mol. The summed E-state index contributed by atoms with van der Waals surface area (Å²) in [6.45, 7) is 1.12.